The minimum Gasteiger partial charge on any atom is -0.446 e. The fraction of sp³-hybridized carbons (Fsp3) is 0.125. The topological polar surface area (TPSA) is 78.1 Å². The number of hydrogen-bond acceptors (Lipinski definition) is 6. The Morgan fingerprint density at radius 1 is 0.867 bits per heavy atom. The number of nitrogens with zero attached hydrogens (tertiary/aromatic N) is 3. The lowest BCUT2D eigenvalue weighted by molar-refractivity contribution is 0.567. The molecule has 0 aliphatic heterocycles. The fourth-order valence-electron chi connectivity index (χ4n) is 3.85. The summed E-state index contributed by atoms with van der Waals surface area (Å²) in [5, 5.41) is 2.98. The number of pyridine rings is 3. The van der Waals surface area contributed by atoms with Gasteiger partial charge in [-0.3, -0.25) is 0 Å². The van der Waals surface area contributed by atoms with Crippen LogP contribution in [0.4, 0.5) is 0 Å². The van der Waals surface area contributed by atoms with Crippen molar-refractivity contribution >= 4 is 33.3 Å². The van der Waals surface area contributed by atoms with Gasteiger partial charge in [-0.2, -0.15) is 0 Å². The van der Waals surface area contributed by atoms with Crippen LogP contribution in [-0.2, 0) is 6.42 Å². The second-order valence-electron chi connectivity index (χ2n) is 7.54. The van der Waals surface area contributed by atoms with Gasteiger partial charge in [0.15, 0.2) is 5.76 Å². The molecule has 0 radical (unpaired) electrons. The van der Waals surface area contributed by atoms with Gasteiger partial charge in [-0.1, -0.05) is 0 Å². The first-order valence-electron chi connectivity index (χ1n) is 9.72. The van der Waals surface area contributed by atoms with E-state index in [4.69, 9.17) is 13.3 Å². The van der Waals surface area contributed by atoms with E-state index in [0.717, 1.165) is 44.3 Å². The third-order valence-corrected chi connectivity index (χ3v) is 5.37. The predicted octanol–water partition coefficient (Wildman–Crippen LogP) is 5.98. The quantitative estimate of drug-likeness (QED) is 0.366. The maximum absolute atomic E-state index is 5.90. The molecule has 0 aliphatic rings. The van der Waals surface area contributed by atoms with Crippen LogP contribution >= 0.6 is 0 Å². The molecule has 0 atom stereocenters. The number of rotatable bonds is 3. The summed E-state index contributed by atoms with van der Waals surface area (Å²) in [7, 11) is 0. The van der Waals surface area contributed by atoms with Gasteiger partial charge >= 0.3 is 0 Å². The van der Waals surface area contributed by atoms with Crippen LogP contribution in [0.2, 0.25) is 0 Å². The third-order valence-electron chi connectivity index (χ3n) is 5.37. The predicted molar refractivity (Wildman–Crippen MR) is 113 cm³/mol. The third kappa shape index (κ3) is 2.69. The second-order valence-corrected chi connectivity index (χ2v) is 7.54. The van der Waals surface area contributed by atoms with Gasteiger partial charge in [0.1, 0.15) is 11.5 Å². The zero-order chi connectivity index (χ0) is 20.2. The van der Waals surface area contributed by atoms with Crippen LogP contribution in [0.1, 0.15) is 22.5 Å². The van der Waals surface area contributed by atoms with Crippen LogP contribution < -0.4 is 0 Å². The minimum atomic E-state index is 0.584. The summed E-state index contributed by atoms with van der Waals surface area (Å²) in [6, 6.07) is 12.0. The molecule has 30 heavy (non-hydrogen) atoms. The van der Waals surface area contributed by atoms with Crippen molar-refractivity contribution in [3.63, 3.8) is 0 Å². The lowest BCUT2D eigenvalue weighted by atomic mass is 10.1. The van der Waals surface area contributed by atoms with Crippen molar-refractivity contribution in [3.05, 3.63) is 77.5 Å². The normalized spacial score (nSPS) is 11.8. The first kappa shape index (κ1) is 17.0. The van der Waals surface area contributed by atoms with Gasteiger partial charge in [-0.05, 0) is 61.4 Å². The van der Waals surface area contributed by atoms with Crippen LogP contribution in [0.25, 0.3) is 44.8 Å². The van der Waals surface area contributed by atoms with Crippen molar-refractivity contribution in [2.75, 3.05) is 0 Å². The molecule has 0 N–H and O–H groups in total. The van der Waals surface area contributed by atoms with E-state index in [1.165, 1.54) is 0 Å². The first-order chi connectivity index (χ1) is 14.6. The van der Waals surface area contributed by atoms with Crippen LogP contribution in [0.15, 0.2) is 68.3 Å². The molecule has 0 spiro atoms. The first-order valence-corrected chi connectivity index (χ1v) is 9.72. The molecule has 0 amide bonds. The van der Waals surface area contributed by atoms with Gasteiger partial charge in [-0.25, -0.2) is 15.0 Å². The summed E-state index contributed by atoms with van der Waals surface area (Å²) in [4.78, 5) is 13.4. The molecule has 0 saturated carbocycles. The van der Waals surface area contributed by atoms with Gasteiger partial charge in [0.05, 0.1) is 6.26 Å². The lowest BCUT2D eigenvalue weighted by Gasteiger charge is -2.00. The van der Waals surface area contributed by atoms with Crippen molar-refractivity contribution in [2.24, 2.45) is 0 Å². The zero-order valence-corrected chi connectivity index (χ0v) is 16.5. The van der Waals surface area contributed by atoms with Gasteiger partial charge in [0.2, 0.25) is 17.1 Å². The van der Waals surface area contributed by atoms with E-state index in [1.54, 1.807) is 12.5 Å². The number of fused-ring (bicyclic) bond motifs is 3. The zero-order valence-electron chi connectivity index (χ0n) is 16.5. The summed E-state index contributed by atoms with van der Waals surface area (Å²) in [6.45, 7) is 3.96. The highest BCUT2D eigenvalue weighted by Gasteiger charge is 2.14. The highest BCUT2D eigenvalue weighted by atomic mass is 16.4. The summed E-state index contributed by atoms with van der Waals surface area (Å²) >= 11 is 0. The average Bonchev–Trinajstić information content (AvgIpc) is 3.44. The SMILES string of the molecule is Cc1cc2cc(Cc3coc4nc(-c5cc6c(C)ccnc6o5)ccc34)cnc2o1. The maximum Gasteiger partial charge on any atom is 0.226 e. The van der Waals surface area contributed by atoms with Crippen molar-refractivity contribution in [2.45, 2.75) is 20.3 Å². The van der Waals surface area contributed by atoms with Gasteiger partial charge < -0.3 is 13.3 Å². The van der Waals surface area contributed by atoms with Crippen molar-refractivity contribution in [3.8, 4) is 11.5 Å². The minimum absolute atomic E-state index is 0.584. The van der Waals surface area contributed by atoms with E-state index >= 15 is 0 Å². The molecule has 0 bridgehead atoms. The van der Waals surface area contributed by atoms with E-state index in [0.29, 0.717) is 29.3 Å². The number of hydrogen-bond donors (Lipinski definition) is 0. The molecular weight excluding hydrogens is 378 g/mol. The molecule has 0 unspecified atom stereocenters. The number of aromatic nitrogens is 3. The molecule has 0 saturated heterocycles. The summed E-state index contributed by atoms with van der Waals surface area (Å²) in [6.07, 6.45) is 6.05. The molecule has 6 nitrogen and oxygen atoms in total. The summed E-state index contributed by atoms with van der Waals surface area (Å²) in [5.74, 6) is 1.53. The number of furan rings is 3. The molecule has 0 fully saturated rings. The highest BCUT2D eigenvalue weighted by molar-refractivity contribution is 5.85. The molecule has 6 rings (SSSR count). The Morgan fingerprint density at radius 3 is 2.70 bits per heavy atom. The molecule has 6 aromatic rings. The Balaban J connectivity index is 1.36. The molecular formula is C24H17N3O3. The summed E-state index contributed by atoms with van der Waals surface area (Å²) in [5.41, 5.74) is 5.86. The standard InChI is InChI=1S/C24H17N3O3/c1-13-5-6-25-23-19(13)10-21(30-23)20-4-3-18-17(12-28-24(18)27-20)9-15-8-16-7-14(2)29-22(16)26-11-15/h3-8,10-12H,9H2,1-2H3. The van der Waals surface area contributed by atoms with Gasteiger partial charge in [-0.15, -0.1) is 0 Å². The highest BCUT2D eigenvalue weighted by Crippen LogP contribution is 2.30. The van der Waals surface area contributed by atoms with Crippen molar-refractivity contribution in [1.29, 1.82) is 0 Å². The summed E-state index contributed by atoms with van der Waals surface area (Å²) < 4.78 is 17.2. The van der Waals surface area contributed by atoms with Gasteiger partial charge in [0, 0.05) is 40.5 Å². The average molecular weight is 395 g/mol. The van der Waals surface area contributed by atoms with Crippen molar-refractivity contribution in [1.82, 2.24) is 15.0 Å². The maximum atomic E-state index is 5.90. The van der Waals surface area contributed by atoms with Crippen molar-refractivity contribution < 1.29 is 13.3 Å². The van der Waals surface area contributed by atoms with E-state index in [9.17, 15) is 0 Å². The van der Waals surface area contributed by atoms with Crippen LogP contribution in [0.5, 0.6) is 0 Å². The number of aryl methyl sites for hydroxylation is 2. The molecule has 0 aromatic carbocycles. The lowest BCUT2D eigenvalue weighted by Crippen LogP contribution is -1.89. The van der Waals surface area contributed by atoms with E-state index in [-0.39, 0.29) is 0 Å². The fourth-order valence-corrected chi connectivity index (χ4v) is 3.85. The molecule has 6 heteroatoms. The largest absolute Gasteiger partial charge is 0.446 e. The molecule has 6 heterocycles. The second kappa shape index (κ2) is 6.29. The van der Waals surface area contributed by atoms with E-state index in [1.807, 2.05) is 50.4 Å². The Morgan fingerprint density at radius 2 is 1.80 bits per heavy atom. The Kier molecular flexibility index (Phi) is 3.56. The Hall–Kier alpha value is -3.93. The van der Waals surface area contributed by atoms with E-state index in [2.05, 4.69) is 21.0 Å². The molecule has 6 aromatic heterocycles. The monoisotopic (exact) mass is 395 g/mol. The van der Waals surface area contributed by atoms with Crippen LogP contribution in [0.3, 0.4) is 0 Å². The van der Waals surface area contributed by atoms with E-state index < -0.39 is 0 Å². The molecule has 146 valence electrons. The van der Waals surface area contributed by atoms with Gasteiger partial charge in [0.25, 0.3) is 0 Å². The molecule has 0 aliphatic carbocycles. The smallest absolute Gasteiger partial charge is 0.226 e. The Bertz CT molecular complexity index is 1550. The van der Waals surface area contributed by atoms with Crippen LogP contribution in [0, 0.1) is 13.8 Å². The Labute approximate surface area is 171 Å². The van der Waals surface area contributed by atoms with Crippen LogP contribution in [-0.4, -0.2) is 15.0 Å².